The molecule has 0 fully saturated rings. The van der Waals surface area contributed by atoms with E-state index in [1.165, 1.54) is 22.4 Å². The van der Waals surface area contributed by atoms with Gasteiger partial charge in [0.25, 0.3) is 0 Å². The van der Waals surface area contributed by atoms with Gasteiger partial charge in [-0.15, -0.1) is 0 Å². The first-order chi connectivity index (χ1) is 12.2. The lowest BCUT2D eigenvalue weighted by atomic mass is 10.1. The van der Waals surface area contributed by atoms with E-state index in [0.29, 0.717) is 12.0 Å². The summed E-state index contributed by atoms with van der Waals surface area (Å²) in [5, 5.41) is 3.36. The molecule has 1 N–H and O–H groups in total. The van der Waals surface area contributed by atoms with E-state index in [9.17, 15) is 0 Å². The van der Waals surface area contributed by atoms with Gasteiger partial charge in [-0.2, -0.15) is 4.98 Å². The molecular weight excluding hydrogens is 308 g/mol. The minimum absolute atomic E-state index is 0.400. The molecule has 126 valence electrons. The van der Waals surface area contributed by atoms with E-state index < -0.39 is 0 Å². The van der Waals surface area contributed by atoms with Gasteiger partial charge in [0.2, 0.25) is 5.95 Å². The highest BCUT2D eigenvalue weighted by atomic mass is 15.3. The zero-order valence-electron chi connectivity index (χ0n) is 14.6. The van der Waals surface area contributed by atoms with Gasteiger partial charge in [-0.05, 0) is 49.1 Å². The van der Waals surface area contributed by atoms with Crippen molar-refractivity contribution in [3.05, 3.63) is 77.5 Å². The molecule has 4 nitrogen and oxygen atoms in total. The van der Waals surface area contributed by atoms with E-state index in [4.69, 9.17) is 4.98 Å². The molecule has 0 radical (unpaired) electrons. The smallest absolute Gasteiger partial charge is 0.224 e. The monoisotopic (exact) mass is 330 g/mol. The number of fused-ring (bicyclic) bond motifs is 1. The van der Waals surface area contributed by atoms with Gasteiger partial charge in [-0.3, -0.25) is 0 Å². The second-order valence-electron chi connectivity index (χ2n) is 6.57. The van der Waals surface area contributed by atoms with Crippen LogP contribution in [0.3, 0.4) is 0 Å². The molecule has 1 aliphatic heterocycles. The summed E-state index contributed by atoms with van der Waals surface area (Å²) in [5.41, 5.74) is 5.16. The van der Waals surface area contributed by atoms with E-state index in [0.717, 1.165) is 18.8 Å². The predicted octanol–water partition coefficient (Wildman–Crippen LogP) is 4.48. The molecule has 1 atom stereocenters. The van der Waals surface area contributed by atoms with Gasteiger partial charge in [-0.25, -0.2) is 4.98 Å². The number of benzene rings is 2. The van der Waals surface area contributed by atoms with Crippen LogP contribution in [0.2, 0.25) is 0 Å². The molecule has 2 heterocycles. The highest BCUT2D eigenvalue weighted by Gasteiger charge is 2.27. The quantitative estimate of drug-likeness (QED) is 0.766. The highest BCUT2D eigenvalue weighted by Crippen LogP contribution is 2.37. The van der Waals surface area contributed by atoms with Gasteiger partial charge < -0.3 is 10.2 Å². The van der Waals surface area contributed by atoms with Gasteiger partial charge in [0.05, 0.1) is 0 Å². The molecular formula is C21H22N4. The molecule has 4 rings (SSSR count). The fourth-order valence-corrected chi connectivity index (χ4v) is 3.47. The Morgan fingerprint density at radius 2 is 1.88 bits per heavy atom. The third kappa shape index (κ3) is 3.07. The number of nitrogens with zero attached hydrogens (tertiary/aromatic N) is 3. The first-order valence-electron chi connectivity index (χ1n) is 8.71. The summed E-state index contributed by atoms with van der Waals surface area (Å²) in [6.07, 6.45) is 2.88. The van der Waals surface area contributed by atoms with Crippen molar-refractivity contribution in [2.75, 3.05) is 10.2 Å². The summed E-state index contributed by atoms with van der Waals surface area (Å²) in [7, 11) is 0. The van der Waals surface area contributed by atoms with E-state index in [-0.39, 0.29) is 0 Å². The SMILES string of the molecule is Cc1ccccc1CNc1nccc(N2c3ccccc3CC2C)n1. The van der Waals surface area contributed by atoms with Crippen LogP contribution in [0, 0.1) is 6.92 Å². The van der Waals surface area contributed by atoms with Crippen LogP contribution in [0.25, 0.3) is 0 Å². The maximum atomic E-state index is 4.75. The zero-order chi connectivity index (χ0) is 17.2. The van der Waals surface area contributed by atoms with Gasteiger partial charge in [0, 0.05) is 24.5 Å². The molecule has 0 amide bonds. The first-order valence-corrected chi connectivity index (χ1v) is 8.71. The van der Waals surface area contributed by atoms with Crippen LogP contribution in [0.15, 0.2) is 60.8 Å². The Morgan fingerprint density at radius 3 is 2.76 bits per heavy atom. The minimum Gasteiger partial charge on any atom is -0.350 e. The van der Waals surface area contributed by atoms with E-state index in [1.54, 1.807) is 0 Å². The van der Waals surface area contributed by atoms with Crippen molar-refractivity contribution in [2.45, 2.75) is 32.9 Å². The lowest BCUT2D eigenvalue weighted by Crippen LogP contribution is -2.25. The fourth-order valence-electron chi connectivity index (χ4n) is 3.47. The van der Waals surface area contributed by atoms with Gasteiger partial charge in [0.1, 0.15) is 5.82 Å². The van der Waals surface area contributed by atoms with Crippen LogP contribution in [0.1, 0.15) is 23.6 Å². The summed E-state index contributed by atoms with van der Waals surface area (Å²) in [6, 6.07) is 19.3. The largest absolute Gasteiger partial charge is 0.350 e. The number of anilines is 3. The molecule has 0 spiro atoms. The Kier molecular flexibility index (Phi) is 4.10. The third-order valence-corrected chi connectivity index (χ3v) is 4.79. The van der Waals surface area contributed by atoms with Crippen molar-refractivity contribution in [1.29, 1.82) is 0 Å². The molecule has 1 aliphatic rings. The van der Waals surface area contributed by atoms with Crippen molar-refractivity contribution >= 4 is 17.5 Å². The second kappa shape index (κ2) is 6.55. The van der Waals surface area contributed by atoms with Crippen molar-refractivity contribution in [1.82, 2.24) is 9.97 Å². The molecule has 4 heteroatoms. The molecule has 25 heavy (non-hydrogen) atoms. The molecule has 1 aromatic heterocycles. The average molecular weight is 330 g/mol. The van der Waals surface area contributed by atoms with E-state index >= 15 is 0 Å². The number of aromatic nitrogens is 2. The summed E-state index contributed by atoms with van der Waals surface area (Å²) in [5.74, 6) is 1.61. The first kappa shape index (κ1) is 15.6. The Morgan fingerprint density at radius 1 is 1.08 bits per heavy atom. The fraction of sp³-hybridized carbons (Fsp3) is 0.238. The van der Waals surface area contributed by atoms with Gasteiger partial charge >= 0.3 is 0 Å². The summed E-state index contributed by atoms with van der Waals surface area (Å²) < 4.78 is 0. The highest BCUT2D eigenvalue weighted by molar-refractivity contribution is 5.69. The van der Waals surface area contributed by atoms with Gasteiger partial charge in [-0.1, -0.05) is 42.5 Å². The van der Waals surface area contributed by atoms with Crippen LogP contribution >= 0.6 is 0 Å². The van der Waals surface area contributed by atoms with Crippen molar-refractivity contribution in [3.63, 3.8) is 0 Å². The Balaban J connectivity index is 1.57. The Labute approximate surface area is 148 Å². The third-order valence-electron chi connectivity index (χ3n) is 4.79. The predicted molar refractivity (Wildman–Crippen MR) is 102 cm³/mol. The molecule has 2 aromatic carbocycles. The lowest BCUT2D eigenvalue weighted by molar-refractivity contribution is 0.749. The van der Waals surface area contributed by atoms with Crippen molar-refractivity contribution in [3.8, 4) is 0 Å². The standard InChI is InChI=1S/C21H22N4/c1-15-7-3-4-9-18(15)14-23-21-22-12-11-20(24-21)25-16(2)13-17-8-5-6-10-19(17)25/h3-12,16H,13-14H2,1-2H3,(H,22,23,24). The van der Waals surface area contributed by atoms with Crippen LogP contribution in [-0.2, 0) is 13.0 Å². The maximum Gasteiger partial charge on any atom is 0.224 e. The molecule has 0 aliphatic carbocycles. The topological polar surface area (TPSA) is 41.1 Å². The van der Waals surface area contributed by atoms with Crippen LogP contribution in [0.4, 0.5) is 17.5 Å². The normalized spacial score (nSPS) is 15.9. The summed E-state index contributed by atoms with van der Waals surface area (Å²) in [4.78, 5) is 11.4. The number of hydrogen-bond acceptors (Lipinski definition) is 4. The number of hydrogen-bond donors (Lipinski definition) is 1. The number of rotatable bonds is 4. The van der Waals surface area contributed by atoms with Crippen LogP contribution in [0.5, 0.6) is 0 Å². The van der Waals surface area contributed by atoms with Crippen LogP contribution in [-0.4, -0.2) is 16.0 Å². The van der Waals surface area contributed by atoms with E-state index in [1.807, 2.05) is 12.3 Å². The van der Waals surface area contributed by atoms with Gasteiger partial charge in [0.15, 0.2) is 0 Å². The Hall–Kier alpha value is -2.88. The second-order valence-corrected chi connectivity index (χ2v) is 6.57. The number of para-hydroxylation sites is 1. The lowest BCUT2D eigenvalue weighted by Gasteiger charge is -2.24. The van der Waals surface area contributed by atoms with E-state index in [2.05, 4.69) is 77.6 Å². The average Bonchev–Trinajstić information content (AvgIpc) is 2.97. The summed E-state index contributed by atoms with van der Waals surface area (Å²) in [6.45, 7) is 5.09. The molecule has 0 bridgehead atoms. The summed E-state index contributed by atoms with van der Waals surface area (Å²) >= 11 is 0. The number of aryl methyl sites for hydroxylation is 1. The van der Waals surface area contributed by atoms with Crippen molar-refractivity contribution < 1.29 is 0 Å². The molecule has 0 saturated heterocycles. The molecule has 3 aromatic rings. The molecule has 1 unspecified atom stereocenters. The minimum atomic E-state index is 0.400. The van der Waals surface area contributed by atoms with Crippen molar-refractivity contribution in [2.24, 2.45) is 0 Å². The Bertz CT molecular complexity index is 890. The molecule has 0 saturated carbocycles. The maximum absolute atomic E-state index is 4.75. The zero-order valence-corrected chi connectivity index (χ0v) is 14.6. The number of nitrogens with one attached hydrogen (secondary N) is 1. The van der Waals surface area contributed by atoms with Crippen LogP contribution < -0.4 is 10.2 Å².